The zero-order chi connectivity index (χ0) is 36.0. The van der Waals surface area contributed by atoms with Gasteiger partial charge in [0.25, 0.3) is 0 Å². The second-order valence-corrected chi connectivity index (χ2v) is 14.3. The zero-order valence-electron chi connectivity index (χ0n) is 26.7. The molecule has 0 saturated heterocycles. The number of hydrogen-bond donors (Lipinski definition) is 4. The van der Waals surface area contributed by atoms with E-state index in [1.807, 2.05) is 0 Å². The number of halogens is 1. The molecule has 0 spiro atoms. The Labute approximate surface area is 334 Å². The van der Waals surface area contributed by atoms with E-state index in [9.17, 15) is 43.5 Å². The van der Waals surface area contributed by atoms with Crippen molar-refractivity contribution in [2.45, 2.75) is 9.79 Å². The summed E-state index contributed by atoms with van der Waals surface area (Å²) in [5.74, 6) is -0.742. The van der Waals surface area contributed by atoms with Gasteiger partial charge in [0.1, 0.15) is 31.6 Å². The van der Waals surface area contributed by atoms with Gasteiger partial charge in [-0.05, 0) is 30.3 Å². The Kier molecular flexibility index (Phi) is 16.0. The zero-order valence-corrected chi connectivity index (χ0v) is 33.2. The van der Waals surface area contributed by atoms with Crippen molar-refractivity contribution in [3.05, 3.63) is 66.6 Å². The van der Waals surface area contributed by atoms with Gasteiger partial charge < -0.3 is 35.5 Å². The van der Waals surface area contributed by atoms with E-state index in [4.69, 9.17) is 10.5 Å². The molecule has 19 nitrogen and oxygen atoms in total. The van der Waals surface area contributed by atoms with Crippen LogP contribution < -0.4 is 80.8 Å². The Morgan fingerprint density at radius 3 is 2.22 bits per heavy atom. The van der Waals surface area contributed by atoms with Crippen LogP contribution in [0.5, 0.6) is 0 Å². The van der Waals surface area contributed by atoms with E-state index >= 15 is 0 Å². The molecule has 1 heterocycles. The quantitative estimate of drug-likeness (QED) is 0.0396. The molecular formula is C26H24FN9Na2O10S3. The molecule has 3 aromatic carbocycles. The second-order valence-electron chi connectivity index (χ2n) is 9.54. The van der Waals surface area contributed by atoms with E-state index < -0.39 is 57.7 Å². The number of aromatic nitrogens is 3. The first kappa shape index (κ1) is 44.0. The molecule has 0 saturated carbocycles. The van der Waals surface area contributed by atoms with Gasteiger partial charge in [0, 0.05) is 28.4 Å². The summed E-state index contributed by atoms with van der Waals surface area (Å²) in [5.41, 5.74) is 4.70. The largest absolute Gasteiger partial charge is 1.00 e. The number of benzene rings is 3. The number of nitrogens with zero attached hydrogens (tertiary/aromatic N) is 5. The summed E-state index contributed by atoms with van der Waals surface area (Å²) in [7, 11) is -13.8. The van der Waals surface area contributed by atoms with Crippen molar-refractivity contribution in [1.82, 2.24) is 15.0 Å². The van der Waals surface area contributed by atoms with E-state index in [2.05, 4.69) is 47.7 Å². The molecule has 5 N–H and O–H groups in total. The van der Waals surface area contributed by atoms with Crippen molar-refractivity contribution < 1.29 is 107 Å². The standard InChI is InChI=1S/C26H26FN9O10S3.2Na/c1-2-47(38,39)13-12-46-11-10-29-25-32-23(27)33-26(34-25)30-15-6-8-18(20(14-15)31-24(28)37)35-36-19-9-7-16-17(22(19)49(43,44)45)4-3-5-21(16)48(40,41)42;;/h2-9,14H,1,10-13H2,(H3,28,31,37)(H,40,41,42)(H,43,44,45)(H2,29,30,32,33,34);;/q;2*+1/p-2. The number of anilines is 4. The molecule has 1 aromatic heterocycles. The van der Waals surface area contributed by atoms with Crippen LogP contribution in [0.3, 0.4) is 0 Å². The third kappa shape index (κ3) is 12.5. The number of carbonyl (C=O) groups is 1. The maximum absolute atomic E-state index is 14.1. The number of nitrogens with two attached hydrogens (primary N) is 1. The van der Waals surface area contributed by atoms with E-state index in [1.54, 1.807) is 0 Å². The number of fused-ring (bicyclic) bond motifs is 1. The Balaban J connectivity index is 0.00000451. The van der Waals surface area contributed by atoms with Crippen molar-refractivity contribution in [1.29, 1.82) is 0 Å². The predicted octanol–water partition coefficient (Wildman–Crippen LogP) is -3.38. The van der Waals surface area contributed by atoms with Gasteiger partial charge in [-0.25, -0.2) is 30.0 Å². The first-order valence-electron chi connectivity index (χ1n) is 13.4. The third-order valence-electron chi connectivity index (χ3n) is 6.15. The Hall–Kier alpha value is -3.20. The van der Waals surface area contributed by atoms with Crippen molar-refractivity contribution >= 4 is 81.5 Å². The SMILES string of the molecule is C=CS(=O)(=O)CCOCCNc1nc(F)nc(Nc2ccc(N=Nc3ccc4c(S(=O)(=O)[O-])cccc4c3S(=O)(=O)[O-])c(NC(N)=O)c2)n1.[Na+].[Na+]. The fourth-order valence-electron chi connectivity index (χ4n) is 4.10. The van der Waals surface area contributed by atoms with Crippen molar-refractivity contribution in [3.63, 3.8) is 0 Å². The number of carbonyl (C=O) groups excluding carboxylic acids is 1. The van der Waals surface area contributed by atoms with Crippen LogP contribution in [0.1, 0.15) is 0 Å². The number of ether oxygens (including phenoxy) is 1. The summed E-state index contributed by atoms with van der Waals surface area (Å²) in [4.78, 5) is 21.1. The number of primary amides is 1. The number of rotatable bonds is 15. The van der Waals surface area contributed by atoms with Crippen LogP contribution in [0, 0.1) is 6.08 Å². The molecule has 25 heteroatoms. The molecule has 0 fully saturated rings. The van der Waals surface area contributed by atoms with Gasteiger partial charge in [-0.3, -0.25) is 0 Å². The van der Waals surface area contributed by atoms with Crippen LogP contribution in [0.2, 0.25) is 0 Å². The van der Waals surface area contributed by atoms with E-state index in [0.29, 0.717) is 0 Å². The minimum Gasteiger partial charge on any atom is -0.744 e. The monoisotopic (exact) mass is 783 g/mol. The van der Waals surface area contributed by atoms with Gasteiger partial charge in [0.2, 0.25) is 11.9 Å². The minimum absolute atomic E-state index is 0. The van der Waals surface area contributed by atoms with Crippen LogP contribution in [0.25, 0.3) is 10.8 Å². The van der Waals surface area contributed by atoms with Crippen LogP contribution >= 0.6 is 0 Å². The summed E-state index contributed by atoms with van der Waals surface area (Å²) < 4.78 is 114. The van der Waals surface area contributed by atoms with Crippen LogP contribution in [-0.2, 0) is 34.8 Å². The van der Waals surface area contributed by atoms with Gasteiger partial charge >= 0.3 is 71.2 Å². The average Bonchev–Trinajstić information content (AvgIpc) is 3.00. The van der Waals surface area contributed by atoms with Crippen molar-refractivity contribution in [2.75, 3.05) is 41.5 Å². The first-order valence-corrected chi connectivity index (χ1v) is 18.0. The molecule has 0 aliphatic rings. The van der Waals surface area contributed by atoms with Crippen molar-refractivity contribution in [2.24, 2.45) is 16.0 Å². The second kappa shape index (κ2) is 18.5. The average molecular weight is 784 g/mol. The van der Waals surface area contributed by atoms with Crippen LogP contribution in [0.15, 0.2) is 80.5 Å². The number of nitrogens with one attached hydrogen (secondary N) is 3. The van der Waals surface area contributed by atoms with Crippen LogP contribution in [0.4, 0.5) is 43.8 Å². The van der Waals surface area contributed by atoms with Gasteiger partial charge in [-0.15, -0.1) is 10.2 Å². The fraction of sp³-hybridized carbons (Fsp3) is 0.154. The molecule has 0 unspecified atom stereocenters. The Morgan fingerprint density at radius 2 is 1.57 bits per heavy atom. The van der Waals surface area contributed by atoms with Gasteiger partial charge in [0.15, 0.2) is 9.84 Å². The summed E-state index contributed by atoms with van der Waals surface area (Å²) >= 11 is 0. The van der Waals surface area contributed by atoms with Gasteiger partial charge in [0.05, 0.1) is 34.4 Å². The molecule has 2 amide bonds. The molecule has 0 aliphatic carbocycles. The fourth-order valence-corrected chi connectivity index (χ4v) is 6.12. The minimum atomic E-state index is -5.31. The van der Waals surface area contributed by atoms with E-state index in [1.165, 1.54) is 18.2 Å². The Morgan fingerprint density at radius 1 is 0.902 bits per heavy atom. The summed E-state index contributed by atoms with van der Waals surface area (Å²) in [6, 6.07) is 8.05. The smallest absolute Gasteiger partial charge is 0.744 e. The number of urea groups is 1. The molecule has 0 radical (unpaired) electrons. The number of hydrogen-bond acceptors (Lipinski definition) is 17. The predicted molar refractivity (Wildman–Crippen MR) is 170 cm³/mol. The molecule has 0 atom stereocenters. The summed E-state index contributed by atoms with van der Waals surface area (Å²) in [6.45, 7) is 3.22. The Bertz CT molecular complexity index is 2300. The topological polar surface area (TPSA) is 300 Å². The van der Waals surface area contributed by atoms with E-state index in [-0.39, 0.29) is 124 Å². The van der Waals surface area contributed by atoms with Gasteiger partial charge in [-0.2, -0.15) is 19.3 Å². The molecule has 4 rings (SSSR count). The number of amides is 2. The molecular weight excluding hydrogens is 760 g/mol. The molecule has 0 bridgehead atoms. The maximum atomic E-state index is 14.1. The third-order valence-corrected chi connectivity index (χ3v) is 9.22. The normalized spacial score (nSPS) is 11.7. The van der Waals surface area contributed by atoms with Crippen molar-refractivity contribution in [3.8, 4) is 0 Å². The van der Waals surface area contributed by atoms with Gasteiger partial charge in [-0.1, -0.05) is 24.8 Å². The number of sulfone groups is 1. The number of azo groups is 1. The molecule has 4 aromatic rings. The summed E-state index contributed by atoms with van der Waals surface area (Å²) in [5, 5.41) is 15.5. The summed E-state index contributed by atoms with van der Waals surface area (Å²) in [6.07, 6.45) is -1.17. The maximum Gasteiger partial charge on any atom is 1.00 e. The molecule has 0 aliphatic heterocycles. The molecule has 51 heavy (non-hydrogen) atoms. The molecule has 260 valence electrons. The first-order chi connectivity index (χ1) is 23.0. The van der Waals surface area contributed by atoms with Crippen LogP contribution in [-0.4, -0.2) is 80.9 Å². The van der Waals surface area contributed by atoms with E-state index in [0.717, 1.165) is 35.7 Å².